The Morgan fingerprint density at radius 2 is 2.26 bits per heavy atom. The van der Waals surface area contributed by atoms with E-state index in [0.717, 1.165) is 0 Å². The van der Waals surface area contributed by atoms with E-state index in [2.05, 4.69) is 15.0 Å². The topological polar surface area (TPSA) is 80.8 Å². The van der Waals surface area contributed by atoms with Crippen LogP contribution >= 0.6 is 11.3 Å². The maximum Gasteiger partial charge on any atom is 0.412 e. The fraction of sp³-hybridized carbons (Fsp3) is 0.545. The SMILES string of the molecule is COC(=O)Nc1csc(CN(C=O)OC(C)(C)C)n1. The standard InChI is InChI=1S/C11H17N3O4S/c1-11(2,3)18-14(7-15)5-9-12-8(6-19-9)13-10(16)17-4/h6-7H,5H2,1-4H3,(H,13,16). The summed E-state index contributed by atoms with van der Waals surface area (Å²) >= 11 is 1.31. The molecule has 0 fully saturated rings. The number of rotatable bonds is 5. The predicted molar refractivity (Wildman–Crippen MR) is 70.6 cm³/mol. The Morgan fingerprint density at radius 1 is 1.58 bits per heavy atom. The number of ether oxygens (including phenoxy) is 1. The van der Waals surface area contributed by atoms with Gasteiger partial charge in [0.05, 0.1) is 12.7 Å². The average Bonchev–Trinajstić information content (AvgIpc) is 2.73. The van der Waals surface area contributed by atoms with Gasteiger partial charge in [0.2, 0.25) is 6.41 Å². The molecule has 0 saturated heterocycles. The number of thiazole rings is 1. The van der Waals surface area contributed by atoms with Crippen molar-refractivity contribution < 1.29 is 19.2 Å². The van der Waals surface area contributed by atoms with Crippen LogP contribution in [-0.4, -0.2) is 35.3 Å². The normalized spacial score (nSPS) is 10.9. The van der Waals surface area contributed by atoms with E-state index < -0.39 is 11.7 Å². The van der Waals surface area contributed by atoms with Crippen molar-refractivity contribution in [3.8, 4) is 0 Å². The summed E-state index contributed by atoms with van der Waals surface area (Å²) in [6, 6.07) is 0. The lowest BCUT2D eigenvalue weighted by atomic mass is 10.2. The molecule has 106 valence electrons. The molecule has 0 atom stereocenters. The maximum atomic E-state index is 11.0. The van der Waals surface area contributed by atoms with Gasteiger partial charge in [0, 0.05) is 5.38 Å². The number of anilines is 1. The minimum absolute atomic E-state index is 0.217. The lowest BCUT2D eigenvalue weighted by molar-refractivity contribution is -0.220. The third-order valence-electron chi connectivity index (χ3n) is 1.77. The highest BCUT2D eigenvalue weighted by atomic mass is 32.1. The van der Waals surface area contributed by atoms with E-state index in [1.165, 1.54) is 23.5 Å². The first kappa shape index (κ1) is 15.4. The Kier molecular flexibility index (Phi) is 5.25. The molecular formula is C11H17N3O4S. The molecule has 0 aliphatic rings. The minimum Gasteiger partial charge on any atom is -0.453 e. The van der Waals surface area contributed by atoms with Gasteiger partial charge in [-0.25, -0.2) is 14.8 Å². The van der Waals surface area contributed by atoms with Crippen LogP contribution in [0.3, 0.4) is 0 Å². The molecule has 19 heavy (non-hydrogen) atoms. The molecule has 0 bridgehead atoms. The molecule has 0 radical (unpaired) electrons. The third kappa shape index (κ3) is 5.66. The molecule has 0 aromatic carbocycles. The molecule has 0 aliphatic carbocycles. The van der Waals surface area contributed by atoms with Crippen molar-refractivity contribution in [2.24, 2.45) is 0 Å². The number of nitrogens with one attached hydrogen (secondary N) is 1. The van der Waals surface area contributed by atoms with Gasteiger partial charge in [0.25, 0.3) is 0 Å². The molecule has 8 heteroatoms. The monoisotopic (exact) mass is 287 g/mol. The van der Waals surface area contributed by atoms with E-state index in [1.807, 2.05) is 20.8 Å². The second kappa shape index (κ2) is 6.48. The van der Waals surface area contributed by atoms with Crippen molar-refractivity contribution in [2.45, 2.75) is 32.9 Å². The Morgan fingerprint density at radius 3 is 2.79 bits per heavy atom. The van der Waals surface area contributed by atoms with Crippen LogP contribution in [0.5, 0.6) is 0 Å². The second-order valence-electron chi connectivity index (χ2n) is 4.63. The average molecular weight is 287 g/mol. The van der Waals surface area contributed by atoms with Crippen molar-refractivity contribution >= 4 is 29.7 Å². The first-order valence-corrected chi connectivity index (χ1v) is 6.42. The highest BCUT2D eigenvalue weighted by Crippen LogP contribution is 2.18. The lowest BCUT2D eigenvalue weighted by Crippen LogP contribution is -2.32. The molecule has 1 aromatic heterocycles. The summed E-state index contributed by atoms with van der Waals surface area (Å²) in [6.07, 6.45) is 0.00935. The Labute approximate surface area is 115 Å². The van der Waals surface area contributed by atoms with Crippen LogP contribution in [-0.2, 0) is 20.9 Å². The molecule has 1 N–H and O–H groups in total. The molecule has 0 unspecified atom stereocenters. The largest absolute Gasteiger partial charge is 0.453 e. The van der Waals surface area contributed by atoms with Gasteiger partial charge in [-0.2, -0.15) is 0 Å². The van der Waals surface area contributed by atoms with Crippen LogP contribution in [0.1, 0.15) is 25.8 Å². The number of methoxy groups -OCH3 is 1. The number of hydrogen-bond acceptors (Lipinski definition) is 6. The highest BCUT2D eigenvalue weighted by Gasteiger charge is 2.17. The van der Waals surface area contributed by atoms with Crippen LogP contribution in [0, 0.1) is 0 Å². The van der Waals surface area contributed by atoms with Crippen molar-refractivity contribution in [3.63, 3.8) is 0 Å². The molecule has 1 rings (SSSR count). The van der Waals surface area contributed by atoms with Crippen LogP contribution in [0.2, 0.25) is 0 Å². The third-order valence-corrected chi connectivity index (χ3v) is 2.60. The molecule has 0 spiro atoms. The zero-order valence-electron chi connectivity index (χ0n) is 11.3. The summed E-state index contributed by atoms with van der Waals surface area (Å²) in [5, 5.41) is 5.91. The molecule has 2 amide bonds. The fourth-order valence-electron chi connectivity index (χ4n) is 1.17. The Balaban J connectivity index is 2.61. The van der Waals surface area contributed by atoms with Gasteiger partial charge in [0.15, 0.2) is 0 Å². The molecule has 7 nitrogen and oxygen atoms in total. The summed E-state index contributed by atoms with van der Waals surface area (Å²) in [4.78, 5) is 31.5. The zero-order valence-corrected chi connectivity index (χ0v) is 12.1. The van der Waals surface area contributed by atoms with Gasteiger partial charge >= 0.3 is 6.09 Å². The number of amides is 2. The summed E-state index contributed by atoms with van der Waals surface area (Å²) in [5.74, 6) is 0.383. The molecule has 1 aromatic rings. The van der Waals surface area contributed by atoms with E-state index in [-0.39, 0.29) is 6.54 Å². The molecular weight excluding hydrogens is 270 g/mol. The van der Waals surface area contributed by atoms with E-state index in [9.17, 15) is 9.59 Å². The van der Waals surface area contributed by atoms with Crippen molar-refractivity contribution in [2.75, 3.05) is 12.4 Å². The lowest BCUT2D eigenvalue weighted by Gasteiger charge is -2.25. The highest BCUT2D eigenvalue weighted by molar-refractivity contribution is 7.10. The summed E-state index contributed by atoms with van der Waals surface area (Å²) in [6.45, 7) is 5.75. The van der Waals surface area contributed by atoms with Crippen LogP contribution in [0.25, 0.3) is 0 Å². The van der Waals surface area contributed by atoms with Gasteiger partial charge in [-0.15, -0.1) is 11.3 Å². The number of nitrogens with zero attached hydrogens (tertiary/aromatic N) is 2. The Hall–Kier alpha value is -1.67. The van der Waals surface area contributed by atoms with Gasteiger partial charge in [0.1, 0.15) is 17.4 Å². The number of aromatic nitrogens is 1. The van der Waals surface area contributed by atoms with Gasteiger partial charge in [-0.05, 0) is 20.8 Å². The number of hydroxylamine groups is 2. The van der Waals surface area contributed by atoms with E-state index >= 15 is 0 Å². The van der Waals surface area contributed by atoms with Crippen LogP contribution in [0.4, 0.5) is 10.6 Å². The first-order valence-electron chi connectivity index (χ1n) is 5.54. The van der Waals surface area contributed by atoms with Crippen molar-refractivity contribution in [1.29, 1.82) is 0 Å². The van der Waals surface area contributed by atoms with Crippen LogP contribution < -0.4 is 5.32 Å². The first-order chi connectivity index (χ1) is 8.84. The molecule has 1 heterocycles. The van der Waals surface area contributed by atoms with Gasteiger partial charge in [-0.1, -0.05) is 0 Å². The number of carbonyl (C=O) groups is 2. The smallest absolute Gasteiger partial charge is 0.412 e. The van der Waals surface area contributed by atoms with Crippen molar-refractivity contribution in [3.05, 3.63) is 10.4 Å². The number of hydrogen-bond donors (Lipinski definition) is 1. The minimum atomic E-state index is -0.588. The van der Waals surface area contributed by atoms with E-state index in [0.29, 0.717) is 17.2 Å². The van der Waals surface area contributed by atoms with Crippen LogP contribution in [0.15, 0.2) is 5.38 Å². The summed E-state index contributed by atoms with van der Waals surface area (Å²) in [5.41, 5.74) is -0.467. The Bertz CT molecular complexity index is 441. The van der Waals surface area contributed by atoms with Crippen molar-refractivity contribution in [1.82, 2.24) is 10.0 Å². The zero-order chi connectivity index (χ0) is 14.5. The summed E-state index contributed by atoms with van der Waals surface area (Å²) in [7, 11) is 1.27. The molecule has 0 saturated carbocycles. The predicted octanol–water partition coefficient (Wildman–Crippen LogP) is 2.01. The fourth-order valence-corrected chi connectivity index (χ4v) is 1.88. The van der Waals surface area contributed by atoms with Gasteiger partial charge in [-0.3, -0.25) is 14.9 Å². The molecule has 0 aliphatic heterocycles. The van der Waals surface area contributed by atoms with E-state index in [1.54, 1.807) is 5.38 Å². The summed E-state index contributed by atoms with van der Waals surface area (Å²) < 4.78 is 4.45. The second-order valence-corrected chi connectivity index (χ2v) is 5.57. The quantitative estimate of drug-likeness (QED) is 0.662. The van der Waals surface area contributed by atoms with Gasteiger partial charge < -0.3 is 4.74 Å². The van der Waals surface area contributed by atoms with E-state index in [4.69, 9.17) is 4.84 Å². The maximum absolute atomic E-state index is 11.0. The number of carbonyl (C=O) groups excluding carboxylic acids is 2.